The number of carbonyl (C=O) groups excluding carboxylic acids is 2. The Kier molecular flexibility index (Phi) is 5.13. The van der Waals surface area contributed by atoms with Crippen LogP contribution in [-0.4, -0.2) is 30.9 Å². The third-order valence-corrected chi connectivity index (χ3v) is 7.18. The minimum absolute atomic E-state index is 0.105. The minimum atomic E-state index is -0.299. The number of nitrogens with zero attached hydrogens (tertiary/aromatic N) is 1. The Bertz CT molecular complexity index is 863. The molecule has 0 aromatic heterocycles. The van der Waals surface area contributed by atoms with Crippen LogP contribution in [-0.2, 0) is 25.6 Å². The topological polar surface area (TPSA) is 74.2 Å². The molecule has 156 valence electrons. The molecular formula is C23H29NO5. The summed E-state index contributed by atoms with van der Waals surface area (Å²) in [4.78, 5) is 28.2. The van der Waals surface area contributed by atoms with E-state index < -0.39 is 0 Å². The molecule has 0 heterocycles. The fourth-order valence-electron chi connectivity index (χ4n) is 6.19. The summed E-state index contributed by atoms with van der Waals surface area (Å²) in [6.45, 7) is 5.16. The smallest absolute Gasteiger partial charge is 0.308 e. The number of benzene rings is 1. The van der Waals surface area contributed by atoms with E-state index in [-0.39, 0.29) is 29.4 Å². The highest BCUT2D eigenvalue weighted by Gasteiger charge is 2.59. The first-order chi connectivity index (χ1) is 13.8. The lowest BCUT2D eigenvalue weighted by Crippen LogP contribution is -2.46. The lowest BCUT2D eigenvalue weighted by molar-refractivity contribution is -0.151. The van der Waals surface area contributed by atoms with Gasteiger partial charge >= 0.3 is 11.9 Å². The van der Waals surface area contributed by atoms with Gasteiger partial charge in [-0.2, -0.15) is 0 Å². The van der Waals surface area contributed by atoms with Gasteiger partial charge in [-0.3, -0.25) is 9.59 Å². The maximum Gasteiger partial charge on any atom is 0.308 e. The molecule has 6 heteroatoms. The van der Waals surface area contributed by atoms with Crippen LogP contribution in [0.2, 0.25) is 0 Å². The number of carbonyl (C=O) groups is 2. The Labute approximate surface area is 171 Å². The average Bonchev–Trinajstić information content (AvgIpc) is 2.92. The first-order valence-electron chi connectivity index (χ1n) is 10.4. The standard InChI is InChI=1S/C23H29NO5/c1-13(25)28-16-6-8-17-15(11-16)5-7-19-18(17)9-10-23(3)21(24-27-4)12-20(22(19)23)29-14(2)26/h6,8,11,18-20,22H,5,7,9-10,12H2,1-4H3/b24-21-/t18-,19-,20+,22-,23-/m1/s1. The van der Waals surface area contributed by atoms with Crippen molar-refractivity contribution in [3.63, 3.8) is 0 Å². The highest BCUT2D eigenvalue weighted by Crippen LogP contribution is 2.60. The van der Waals surface area contributed by atoms with Crippen LogP contribution < -0.4 is 4.74 Å². The first kappa shape index (κ1) is 19.9. The first-order valence-corrected chi connectivity index (χ1v) is 10.4. The summed E-state index contributed by atoms with van der Waals surface area (Å²) in [5, 5.41) is 4.34. The Morgan fingerprint density at radius 1 is 1.17 bits per heavy atom. The van der Waals surface area contributed by atoms with Crippen molar-refractivity contribution in [2.75, 3.05) is 7.11 Å². The van der Waals surface area contributed by atoms with E-state index in [1.807, 2.05) is 12.1 Å². The predicted octanol–water partition coefficient (Wildman–Crippen LogP) is 4.01. The number of esters is 2. The Morgan fingerprint density at radius 2 is 1.97 bits per heavy atom. The van der Waals surface area contributed by atoms with Crippen molar-refractivity contribution in [1.29, 1.82) is 0 Å². The van der Waals surface area contributed by atoms with Gasteiger partial charge in [0.25, 0.3) is 0 Å². The van der Waals surface area contributed by atoms with Crippen molar-refractivity contribution < 1.29 is 23.9 Å². The molecule has 4 rings (SSSR count). The van der Waals surface area contributed by atoms with E-state index in [0.717, 1.165) is 31.4 Å². The Morgan fingerprint density at radius 3 is 2.66 bits per heavy atom. The zero-order valence-corrected chi connectivity index (χ0v) is 17.6. The van der Waals surface area contributed by atoms with Crippen LogP contribution in [0.1, 0.15) is 63.5 Å². The molecule has 0 saturated heterocycles. The van der Waals surface area contributed by atoms with Gasteiger partial charge in [0.15, 0.2) is 0 Å². The lowest BCUT2D eigenvalue weighted by atomic mass is 9.55. The van der Waals surface area contributed by atoms with Gasteiger partial charge in [-0.05, 0) is 60.8 Å². The van der Waals surface area contributed by atoms with Crippen LogP contribution in [0.5, 0.6) is 5.75 Å². The second-order valence-corrected chi connectivity index (χ2v) is 8.82. The third kappa shape index (κ3) is 3.43. The van der Waals surface area contributed by atoms with Crippen molar-refractivity contribution in [3.8, 4) is 5.75 Å². The molecule has 0 spiro atoms. The predicted molar refractivity (Wildman–Crippen MR) is 108 cm³/mol. The summed E-state index contributed by atoms with van der Waals surface area (Å²) >= 11 is 0. The normalized spacial score (nSPS) is 34.0. The van der Waals surface area contributed by atoms with Gasteiger partial charge in [-0.1, -0.05) is 18.1 Å². The molecule has 0 N–H and O–H groups in total. The van der Waals surface area contributed by atoms with E-state index in [4.69, 9.17) is 14.3 Å². The van der Waals surface area contributed by atoms with E-state index >= 15 is 0 Å². The van der Waals surface area contributed by atoms with E-state index in [0.29, 0.717) is 24.0 Å². The quantitative estimate of drug-likeness (QED) is 0.436. The number of oxime groups is 1. The third-order valence-electron chi connectivity index (χ3n) is 7.18. The van der Waals surface area contributed by atoms with E-state index in [2.05, 4.69) is 18.1 Å². The summed E-state index contributed by atoms with van der Waals surface area (Å²) in [6, 6.07) is 6.02. The monoisotopic (exact) mass is 399 g/mol. The molecule has 0 radical (unpaired) electrons. The number of fused-ring (bicyclic) bond motifs is 5. The van der Waals surface area contributed by atoms with Crippen molar-refractivity contribution in [2.24, 2.45) is 22.4 Å². The van der Waals surface area contributed by atoms with Crippen LogP contribution in [0.3, 0.4) is 0 Å². The van der Waals surface area contributed by atoms with Gasteiger partial charge in [-0.25, -0.2) is 0 Å². The molecule has 0 unspecified atom stereocenters. The van der Waals surface area contributed by atoms with Crippen molar-refractivity contribution >= 4 is 17.7 Å². The second kappa shape index (κ2) is 7.47. The molecule has 29 heavy (non-hydrogen) atoms. The molecule has 3 aliphatic rings. The van der Waals surface area contributed by atoms with Crippen LogP contribution in [0.25, 0.3) is 0 Å². The number of rotatable bonds is 3. The SMILES string of the molecule is CO/N=C1/C[C@H](OC(C)=O)[C@H]2[C@@H]3CCc4cc(OC(C)=O)ccc4[C@H]3CC[C@]12C. The van der Waals surface area contributed by atoms with E-state index in [1.165, 1.54) is 25.0 Å². The van der Waals surface area contributed by atoms with Gasteiger partial charge in [0.1, 0.15) is 19.0 Å². The fourth-order valence-corrected chi connectivity index (χ4v) is 6.19. The largest absolute Gasteiger partial charge is 0.462 e. The Hall–Kier alpha value is -2.37. The van der Waals surface area contributed by atoms with Crippen molar-refractivity contribution in [2.45, 2.75) is 64.9 Å². The summed E-state index contributed by atoms with van der Waals surface area (Å²) in [5.74, 6) is 1.16. The Balaban J connectivity index is 1.68. The zero-order valence-electron chi connectivity index (χ0n) is 17.6. The van der Waals surface area contributed by atoms with Gasteiger partial charge in [-0.15, -0.1) is 0 Å². The minimum Gasteiger partial charge on any atom is -0.462 e. The number of aryl methyl sites for hydroxylation is 1. The van der Waals surface area contributed by atoms with Gasteiger partial charge in [0, 0.05) is 31.6 Å². The summed E-state index contributed by atoms with van der Waals surface area (Å²) in [6.07, 6.45) is 4.51. The molecule has 6 nitrogen and oxygen atoms in total. The van der Waals surface area contributed by atoms with Crippen LogP contribution >= 0.6 is 0 Å². The summed E-state index contributed by atoms with van der Waals surface area (Å²) in [5.41, 5.74) is 3.52. The van der Waals surface area contributed by atoms with E-state index in [1.54, 1.807) is 7.11 Å². The molecule has 5 atom stereocenters. The highest BCUT2D eigenvalue weighted by molar-refractivity contribution is 5.93. The van der Waals surface area contributed by atoms with Crippen molar-refractivity contribution in [1.82, 2.24) is 0 Å². The second-order valence-electron chi connectivity index (χ2n) is 8.82. The van der Waals surface area contributed by atoms with Crippen molar-refractivity contribution in [3.05, 3.63) is 29.3 Å². The lowest BCUT2D eigenvalue weighted by Gasteiger charge is -2.49. The number of ether oxygens (including phenoxy) is 2. The van der Waals surface area contributed by atoms with Crippen LogP contribution in [0.15, 0.2) is 23.4 Å². The van der Waals surface area contributed by atoms with Gasteiger partial charge < -0.3 is 14.3 Å². The molecular weight excluding hydrogens is 370 g/mol. The molecule has 0 bridgehead atoms. The zero-order chi connectivity index (χ0) is 20.8. The summed E-state index contributed by atoms with van der Waals surface area (Å²) < 4.78 is 11.1. The maximum atomic E-state index is 11.8. The fraction of sp³-hybridized carbons (Fsp3) is 0.609. The average molecular weight is 399 g/mol. The molecule has 2 saturated carbocycles. The molecule has 1 aromatic rings. The summed E-state index contributed by atoms with van der Waals surface area (Å²) in [7, 11) is 1.58. The van der Waals surface area contributed by atoms with Crippen LogP contribution in [0.4, 0.5) is 0 Å². The molecule has 1 aromatic carbocycles. The molecule has 0 aliphatic heterocycles. The number of hydrogen-bond donors (Lipinski definition) is 0. The maximum absolute atomic E-state index is 11.8. The number of hydrogen-bond acceptors (Lipinski definition) is 6. The van der Waals surface area contributed by atoms with E-state index in [9.17, 15) is 9.59 Å². The molecule has 0 amide bonds. The molecule has 3 aliphatic carbocycles. The van der Waals surface area contributed by atoms with Gasteiger partial charge in [0.05, 0.1) is 5.71 Å². The van der Waals surface area contributed by atoms with Gasteiger partial charge in [0.2, 0.25) is 0 Å². The molecule has 2 fully saturated rings. The highest BCUT2D eigenvalue weighted by atomic mass is 16.6. The van der Waals surface area contributed by atoms with Crippen LogP contribution in [0, 0.1) is 17.3 Å².